The minimum absolute atomic E-state index is 0.0850. The summed E-state index contributed by atoms with van der Waals surface area (Å²) in [6.45, 7) is 2.85. The average molecular weight is 380 g/mol. The van der Waals surface area contributed by atoms with Gasteiger partial charge in [-0.05, 0) is 55.8 Å². The van der Waals surface area contributed by atoms with Crippen LogP contribution in [0.5, 0.6) is 0 Å². The van der Waals surface area contributed by atoms with Crippen LogP contribution in [0.3, 0.4) is 0 Å². The molecule has 0 spiro atoms. The summed E-state index contributed by atoms with van der Waals surface area (Å²) in [5, 5.41) is 14.4. The molecule has 1 aromatic carbocycles. The third-order valence-corrected chi connectivity index (χ3v) is 6.98. The zero-order valence-electron chi connectivity index (χ0n) is 16.2. The summed E-state index contributed by atoms with van der Waals surface area (Å²) in [6.07, 6.45) is 8.43. The van der Waals surface area contributed by atoms with Gasteiger partial charge in [0.1, 0.15) is 0 Å². The highest BCUT2D eigenvalue weighted by Crippen LogP contribution is 2.41. The largest absolute Gasteiger partial charge is 0.395 e. The third kappa shape index (κ3) is 2.95. The van der Waals surface area contributed by atoms with E-state index >= 15 is 0 Å². The van der Waals surface area contributed by atoms with Crippen LogP contribution >= 0.6 is 0 Å². The van der Waals surface area contributed by atoms with Crippen LogP contribution in [0.25, 0.3) is 5.69 Å². The number of benzene rings is 1. The zero-order valence-corrected chi connectivity index (χ0v) is 16.2. The fourth-order valence-electron chi connectivity index (χ4n) is 5.76. The number of amides is 1. The molecule has 5 rings (SSSR count). The second-order valence-electron chi connectivity index (χ2n) is 8.48. The number of aromatic nitrogens is 2. The maximum Gasteiger partial charge on any atom is 0.256 e. The topological polar surface area (TPSA) is 61.6 Å². The monoisotopic (exact) mass is 380 g/mol. The van der Waals surface area contributed by atoms with E-state index in [4.69, 9.17) is 0 Å². The number of nitrogens with zero attached hydrogens (tertiary/aromatic N) is 4. The lowest BCUT2D eigenvalue weighted by molar-refractivity contribution is -0.0795. The van der Waals surface area contributed by atoms with E-state index < -0.39 is 0 Å². The Hall–Kier alpha value is -2.18. The first-order chi connectivity index (χ1) is 13.8. The Bertz CT molecular complexity index is 823. The molecule has 1 aromatic heterocycles. The minimum atomic E-state index is 0.0850. The Morgan fingerprint density at radius 2 is 2.00 bits per heavy atom. The lowest BCUT2D eigenvalue weighted by atomic mass is 9.72. The molecule has 1 amide bonds. The highest BCUT2D eigenvalue weighted by molar-refractivity contribution is 5.97. The number of hydrogen-bond acceptors (Lipinski definition) is 4. The van der Waals surface area contributed by atoms with E-state index in [1.807, 2.05) is 41.4 Å². The molecular formula is C22H28N4O2. The zero-order chi connectivity index (χ0) is 19.1. The van der Waals surface area contributed by atoms with Gasteiger partial charge in [0.15, 0.2) is 0 Å². The normalized spacial score (nSPS) is 30.1. The van der Waals surface area contributed by atoms with Crippen molar-refractivity contribution >= 4 is 5.91 Å². The fraction of sp³-hybridized carbons (Fsp3) is 0.545. The van der Waals surface area contributed by atoms with Crippen LogP contribution in [0.2, 0.25) is 0 Å². The maximum atomic E-state index is 13.5. The van der Waals surface area contributed by atoms with Gasteiger partial charge in [-0.1, -0.05) is 18.6 Å². The maximum absolute atomic E-state index is 13.5. The predicted octanol–water partition coefficient (Wildman–Crippen LogP) is 2.18. The number of para-hydroxylation sites is 1. The van der Waals surface area contributed by atoms with Crippen molar-refractivity contribution in [1.82, 2.24) is 19.6 Å². The smallest absolute Gasteiger partial charge is 0.256 e. The molecule has 3 aliphatic heterocycles. The highest BCUT2D eigenvalue weighted by atomic mass is 16.3. The number of carbonyl (C=O) groups is 1. The molecule has 2 bridgehead atoms. The van der Waals surface area contributed by atoms with Gasteiger partial charge in [-0.2, -0.15) is 5.10 Å². The second kappa shape index (κ2) is 7.33. The van der Waals surface area contributed by atoms with Crippen molar-refractivity contribution in [2.75, 3.05) is 26.2 Å². The van der Waals surface area contributed by atoms with E-state index in [1.165, 1.54) is 19.3 Å². The van der Waals surface area contributed by atoms with E-state index in [0.29, 0.717) is 23.4 Å². The molecule has 3 fully saturated rings. The summed E-state index contributed by atoms with van der Waals surface area (Å²) in [4.78, 5) is 18.1. The number of rotatable bonds is 3. The third-order valence-electron chi connectivity index (χ3n) is 6.98. The molecule has 0 unspecified atom stereocenters. The van der Waals surface area contributed by atoms with E-state index in [0.717, 1.165) is 31.7 Å². The number of carbonyl (C=O) groups excluding carboxylic acids is 1. The van der Waals surface area contributed by atoms with Crippen LogP contribution in [0, 0.1) is 11.8 Å². The Kier molecular flexibility index (Phi) is 4.69. The average Bonchev–Trinajstić information content (AvgIpc) is 3.28. The van der Waals surface area contributed by atoms with Crippen LogP contribution in [-0.4, -0.2) is 68.9 Å². The number of likely N-dealkylation sites (tertiary alicyclic amines) is 1. The quantitative estimate of drug-likeness (QED) is 0.887. The van der Waals surface area contributed by atoms with Gasteiger partial charge in [0, 0.05) is 37.6 Å². The Labute approximate surface area is 165 Å². The van der Waals surface area contributed by atoms with Gasteiger partial charge in [-0.15, -0.1) is 0 Å². The molecule has 0 radical (unpaired) electrons. The number of aliphatic hydroxyl groups excluding tert-OH is 1. The predicted molar refractivity (Wildman–Crippen MR) is 106 cm³/mol. The Morgan fingerprint density at radius 1 is 1.14 bits per heavy atom. The standard InChI is InChI=1S/C22H28N4O2/c27-15-21-17-12-16(19-7-3-4-10-25(19)21)13-24(14-17)22(28)18-6-1-2-8-20(18)26-11-5-9-23-26/h1-2,5-6,8-9,11,16-17,19,21,27H,3-4,7,10,12-15H2/t16-,17+,19+,21+/m1/s1. The van der Waals surface area contributed by atoms with Gasteiger partial charge in [-0.3, -0.25) is 9.69 Å². The number of aliphatic hydroxyl groups is 1. The van der Waals surface area contributed by atoms with Crippen molar-refractivity contribution < 1.29 is 9.90 Å². The van der Waals surface area contributed by atoms with Gasteiger partial charge < -0.3 is 10.0 Å². The number of fused-ring (bicyclic) bond motifs is 4. The Morgan fingerprint density at radius 3 is 2.82 bits per heavy atom. The fourth-order valence-corrected chi connectivity index (χ4v) is 5.76. The number of piperidine rings is 3. The Balaban J connectivity index is 1.43. The van der Waals surface area contributed by atoms with Crippen molar-refractivity contribution in [3.63, 3.8) is 0 Å². The van der Waals surface area contributed by atoms with Crippen LogP contribution < -0.4 is 0 Å². The molecule has 6 heteroatoms. The first-order valence-corrected chi connectivity index (χ1v) is 10.5. The summed E-state index contributed by atoms with van der Waals surface area (Å²) in [7, 11) is 0. The van der Waals surface area contributed by atoms with Gasteiger partial charge in [0.2, 0.25) is 0 Å². The van der Waals surface area contributed by atoms with Gasteiger partial charge in [0.25, 0.3) is 5.91 Å². The van der Waals surface area contributed by atoms with Crippen molar-refractivity contribution in [3.8, 4) is 5.69 Å². The van der Waals surface area contributed by atoms with E-state index in [2.05, 4.69) is 10.00 Å². The van der Waals surface area contributed by atoms with Gasteiger partial charge in [-0.25, -0.2) is 4.68 Å². The summed E-state index contributed by atoms with van der Waals surface area (Å²) in [5.41, 5.74) is 1.53. The highest BCUT2D eigenvalue weighted by Gasteiger charge is 2.47. The van der Waals surface area contributed by atoms with Crippen molar-refractivity contribution in [1.29, 1.82) is 0 Å². The molecule has 1 N–H and O–H groups in total. The van der Waals surface area contributed by atoms with E-state index in [9.17, 15) is 9.90 Å². The molecule has 3 aliphatic rings. The molecule has 2 aromatic rings. The SMILES string of the molecule is O=C(c1ccccc1-n1cccn1)N1C[C@H]2C[C@@H](C1)[C@H](CO)N1CCCC[C@@H]21. The molecule has 0 saturated carbocycles. The van der Waals surface area contributed by atoms with E-state index in [1.54, 1.807) is 10.9 Å². The van der Waals surface area contributed by atoms with Crippen molar-refractivity contribution in [3.05, 3.63) is 48.3 Å². The van der Waals surface area contributed by atoms with Crippen LogP contribution in [0.4, 0.5) is 0 Å². The summed E-state index contributed by atoms with van der Waals surface area (Å²) < 4.78 is 1.76. The lowest BCUT2D eigenvalue weighted by Crippen LogP contribution is -2.65. The van der Waals surface area contributed by atoms with Gasteiger partial charge >= 0.3 is 0 Å². The molecule has 6 nitrogen and oxygen atoms in total. The van der Waals surface area contributed by atoms with Crippen LogP contribution in [-0.2, 0) is 0 Å². The first-order valence-electron chi connectivity index (χ1n) is 10.5. The number of hydrogen-bond donors (Lipinski definition) is 1. The first kappa shape index (κ1) is 17.9. The molecule has 28 heavy (non-hydrogen) atoms. The van der Waals surface area contributed by atoms with Crippen molar-refractivity contribution in [2.24, 2.45) is 11.8 Å². The molecule has 3 saturated heterocycles. The molecule has 148 valence electrons. The molecule has 4 heterocycles. The lowest BCUT2D eigenvalue weighted by Gasteiger charge is -2.56. The second-order valence-corrected chi connectivity index (χ2v) is 8.48. The molecule has 0 aliphatic carbocycles. The molecule has 4 atom stereocenters. The van der Waals surface area contributed by atoms with Crippen molar-refractivity contribution in [2.45, 2.75) is 37.8 Å². The summed E-state index contributed by atoms with van der Waals surface area (Å²) >= 11 is 0. The summed E-state index contributed by atoms with van der Waals surface area (Å²) in [6, 6.07) is 10.3. The summed E-state index contributed by atoms with van der Waals surface area (Å²) in [5.74, 6) is 0.961. The minimum Gasteiger partial charge on any atom is -0.395 e. The van der Waals surface area contributed by atoms with Gasteiger partial charge in [0.05, 0.1) is 17.9 Å². The van der Waals surface area contributed by atoms with E-state index in [-0.39, 0.29) is 18.6 Å². The van der Waals surface area contributed by atoms with Crippen LogP contribution in [0.15, 0.2) is 42.7 Å². The molecular weight excluding hydrogens is 352 g/mol. The van der Waals surface area contributed by atoms with Crippen LogP contribution in [0.1, 0.15) is 36.0 Å².